The molecule has 0 saturated heterocycles. The number of nitrogens with zero attached hydrogens (tertiary/aromatic N) is 3. The molecule has 0 atom stereocenters. The van der Waals surface area contributed by atoms with Gasteiger partial charge in [-0.3, -0.25) is 9.89 Å². The van der Waals surface area contributed by atoms with E-state index in [1.54, 1.807) is 17.2 Å². The van der Waals surface area contributed by atoms with Crippen molar-refractivity contribution in [3.63, 3.8) is 0 Å². The summed E-state index contributed by atoms with van der Waals surface area (Å²) in [6.45, 7) is 4.82. The molecule has 0 spiro atoms. The lowest BCUT2D eigenvalue weighted by Crippen LogP contribution is -2.41. The van der Waals surface area contributed by atoms with E-state index in [2.05, 4.69) is 15.4 Å². The number of amides is 2. The Bertz CT molecular complexity index is 1030. The first-order valence-corrected chi connectivity index (χ1v) is 8.24. The first kappa shape index (κ1) is 15.4. The predicted molar refractivity (Wildman–Crippen MR) is 94.9 cm³/mol. The molecule has 2 amide bonds. The highest BCUT2D eigenvalue weighted by Gasteiger charge is 2.25. The molecule has 0 unspecified atom stereocenters. The fourth-order valence-electron chi connectivity index (χ4n) is 3.25. The highest BCUT2D eigenvalue weighted by atomic mass is 16.2. The summed E-state index contributed by atoms with van der Waals surface area (Å²) in [5, 5.41) is 5.82. The van der Waals surface area contributed by atoms with Crippen LogP contribution in [-0.2, 0) is 13.0 Å². The van der Waals surface area contributed by atoms with Gasteiger partial charge in [-0.2, -0.15) is 0 Å². The Morgan fingerprint density at radius 2 is 2.12 bits per heavy atom. The molecule has 7 heteroatoms. The van der Waals surface area contributed by atoms with Crippen molar-refractivity contribution in [3.8, 4) is 0 Å². The lowest BCUT2D eigenvalue weighted by atomic mass is 10.1. The first-order chi connectivity index (χ1) is 12.0. The van der Waals surface area contributed by atoms with E-state index in [0.29, 0.717) is 36.4 Å². The van der Waals surface area contributed by atoms with E-state index in [1.165, 1.54) is 4.52 Å². The molecular weight excluding hydrogens is 318 g/mol. The lowest BCUT2D eigenvalue weighted by molar-refractivity contribution is 0.205. The highest BCUT2D eigenvalue weighted by molar-refractivity contribution is 5.90. The van der Waals surface area contributed by atoms with Crippen LogP contribution >= 0.6 is 0 Å². The Hall–Kier alpha value is -3.09. The van der Waals surface area contributed by atoms with Crippen molar-refractivity contribution in [2.24, 2.45) is 0 Å². The van der Waals surface area contributed by atoms with E-state index in [4.69, 9.17) is 0 Å². The summed E-state index contributed by atoms with van der Waals surface area (Å²) in [6, 6.07) is 7.49. The van der Waals surface area contributed by atoms with Crippen LogP contribution in [0.15, 0.2) is 35.3 Å². The third-order valence-electron chi connectivity index (χ3n) is 4.61. The maximum Gasteiger partial charge on any atom is 0.322 e. The Balaban J connectivity index is 1.58. The van der Waals surface area contributed by atoms with Gasteiger partial charge in [-0.1, -0.05) is 17.7 Å². The van der Waals surface area contributed by atoms with E-state index >= 15 is 0 Å². The number of hydrogen-bond donors (Lipinski definition) is 2. The van der Waals surface area contributed by atoms with Crippen molar-refractivity contribution in [2.75, 3.05) is 11.9 Å². The van der Waals surface area contributed by atoms with Gasteiger partial charge in [0.2, 0.25) is 0 Å². The topological polar surface area (TPSA) is 82.5 Å². The van der Waals surface area contributed by atoms with Gasteiger partial charge in [-0.25, -0.2) is 14.3 Å². The van der Waals surface area contributed by atoms with Crippen LogP contribution in [0.4, 0.5) is 10.5 Å². The third-order valence-corrected chi connectivity index (χ3v) is 4.61. The summed E-state index contributed by atoms with van der Waals surface area (Å²) < 4.78 is 1.43. The maximum atomic E-state index is 12.6. The van der Waals surface area contributed by atoms with Crippen molar-refractivity contribution in [1.82, 2.24) is 19.5 Å². The summed E-state index contributed by atoms with van der Waals surface area (Å²) >= 11 is 0. The van der Waals surface area contributed by atoms with Crippen molar-refractivity contribution in [3.05, 3.63) is 63.2 Å². The van der Waals surface area contributed by atoms with Crippen LogP contribution in [-0.4, -0.2) is 32.1 Å². The van der Waals surface area contributed by atoms with Crippen LogP contribution in [0.1, 0.15) is 22.4 Å². The van der Waals surface area contributed by atoms with Gasteiger partial charge in [-0.15, -0.1) is 0 Å². The van der Waals surface area contributed by atoms with Crippen LogP contribution in [0.25, 0.3) is 5.65 Å². The second kappa shape index (κ2) is 5.77. The summed E-state index contributed by atoms with van der Waals surface area (Å²) in [4.78, 5) is 31.3. The fraction of sp³-hybridized carbons (Fsp3) is 0.278. The van der Waals surface area contributed by atoms with Crippen LogP contribution in [0.2, 0.25) is 0 Å². The Labute approximate surface area is 144 Å². The molecule has 0 radical (unpaired) electrons. The second-order valence-electron chi connectivity index (χ2n) is 6.42. The number of anilines is 1. The Morgan fingerprint density at radius 3 is 2.92 bits per heavy atom. The first-order valence-electron chi connectivity index (χ1n) is 8.24. The minimum atomic E-state index is -0.173. The number of aromatic nitrogens is 3. The zero-order chi connectivity index (χ0) is 17.6. The number of carbonyl (C=O) groups is 1. The minimum Gasteiger partial charge on any atom is -0.318 e. The van der Waals surface area contributed by atoms with E-state index in [9.17, 15) is 9.59 Å². The highest BCUT2D eigenvalue weighted by Crippen LogP contribution is 2.19. The second-order valence-corrected chi connectivity index (χ2v) is 6.42. The lowest BCUT2D eigenvalue weighted by Gasteiger charge is -2.28. The van der Waals surface area contributed by atoms with E-state index in [0.717, 1.165) is 16.8 Å². The molecule has 2 aromatic heterocycles. The van der Waals surface area contributed by atoms with Gasteiger partial charge >= 0.3 is 6.03 Å². The van der Waals surface area contributed by atoms with Gasteiger partial charge in [0, 0.05) is 30.1 Å². The smallest absolute Gasteiger partial charge is 0.318 e. The normalized spacial score (nSPS) is 13.8. The number of aromatic amines is 1. The average molecular weight is 337 g/mol. The summed E-state index contributed by atoms with van der Waals surface area (Å²) in [5.41, 5.74) is 4.82. The van der Waals surface area contributed by atoms with Gasteiger partial charge in [0.15, 0.2) is 5.65 Å². The number of aryl methyl sites for hydroxylation is 2. The number of H-pyrrole nitrogens is 1. The zero-order valence-corrected chi connectivity index (χ0v) is 14.2. The molecule has 7 nitrogen and oxygen atoms in total. The molecule has 1 aliphatic rings. The number of rotatable bonds is 1. The predicted octanol–water partition coefficient (Wildman–Crippen LogP) is 2.23. The number of fused-ring (bicyclic) bond motifs is 2. The van der Waals surface area contributed by atoms with Crippen LogP contribution in [0.5, 0.6) is 0 Å². The molecule has 0 aliphatic carbocycles. The Morgan fingerprint density at radius 1 is 1.28 bits per heavy atom. The molecular formula is C18H19N5O2. The summed E-state index contributed by atoms with van der Waals surface area (Å²) in [7, 11) is 0. The molecule has 1 aromatic carbocycles. The maximum absolute atomic E-state index is 12.6. The quantitative estimate of drug-likeness (QED) is 0.714. The molecule has 0 fully saturated rings. The van der Waals surface area contributed by atoms with Crippen molar-refractivity contribution < 1.29 is 4.79 Å². The SMILES string of the molecule is Cc1ccc(NC(=O)N2CCc3c(nc4cc[nH]n4c3=O)C2)c(C)c1. The van der Waals surface area contributed by atoms with Crippen molar-refractivity contribution in [2.45, 2.75) is 26.8 Å². The fourth-order valence-corrected chi connectivity index (χ4v) is 3.25. The molecule has 1 aliphatic heterocycles. The molecule has 0 saturated carbocycles. The molecule has 128 valence electrons. The van der Waals surface area contributed by atoms with Crippen LogP contribution < -0.4 is 10.9 Å². The van der Waals surface area contributed by atoms with Gasteiger partial charge in [0.1, 0.15) is 0 Å². The summed E-state index contributed by atoms with van der Waals surface area (Å²) in [6.07, 6.45) is 2.18. The van der Waals surface area contributed by atoms with Gasteiger partial charge in [0.05, 0.1) is 12.2 Å². The standard InChI is InChI=1S/C18H19N5O2/c1-11-3-4-14(12(2)9-11)21-18(25)22-8-6-13-15(10-22)20-16-5-7-19-23(16)17(13)24/h3-5,7,9,19H,6,8,10H2,1-2H3,(H,21,25). The number of hydrogen-bond acceptors (Lipinski definition) is 3. The zero-order valence-electron chi connectivity index (χ0n) is 14.2. The largest absolute Gasteiger partial charge is 0.322 e. The minimum absolute atomic E-state index is 0.0839. The van der Waals surface area contributed by atoms with Crippen LogP contribution in [0.3, 0.4) is 0 Å². The molecule has 3 aromatic rings. The van der Waals surface area contributed by atoms with Crippen molar-refractivity contribution in [1.29, 1.82) is 0 Å². The molecule has 4 rings (SSSR count). The summed E-state index contributed by atoms with van der Waals surface area (Å²) in [5.74, 6) is 0. The van der Waals surface area contributed by atoms with E-state index in [1.807, 2.05) is 32.0 Å². The molecule has 2 N–H and O–H groups in total. The average Bonchev–Trinajstić information content (AvgIpc) is 3.05. The molecule has 0 bridgehead atoms. The van der Waals surface area contributed by atoms with Crippen LogP contribution in [0, 0.1) is 13.8 Å². The molecule has 25 heavy (non-hydrogen) atoms. The van der Waals surface area contributed by atoms with Gasteiger partial charge in [-0.05, 0) is 31.9 Å². The monoisotopic (exact) mass is 337 g/mol. The van der Waals surface area contributed by atoms with Gasteiger partial charge in [0.25, 0.3) is 5.56 Å². The number of carbonyl (C=O) groups excluding carboxylic acids is 1. The van der Waals surface area contributed by atoms with E-state index < -0.39 is 0 Å². The molecule has 3 heterocycles. The number of nitrogens with one attached hydrogen (secondary N) is 2. The van der Waals surface area contributed by atoms with Crippen molar-refractivity contribution >= 4 is 17.4 Å². The number of benzene rings is 1. The third kappa shape index (κ3) is 2.67. The van der Waals surface area contributed by atoms with Gasteiger partial charge < -0.3 is 10.2 Å². The van der Waals surface area contributed by atoms with E-state index in [-0.39, 0.29) is 11.6 Å². The number of urea groups is 1. The Kier molecular flexibility index (Phi) is 3.56.